The normalized spacial score (nSPS) is 18.2. The van der Waals surface area contributed by atoms with Crippen molar-refractivity contribution in [1.29, 1.82) is 0 Å². The third-order valence-corrected chi connectivity index (χ3v) is 3.47. The first-order valence-electron chi connectivity index (χ1n) is 8.24. The monoisotopic (exact) mass is 360 g/mol. The van der Waals surface area contributed by atoms with Gasteiger partial charge in [-0.15, -0.1) is 0 Å². The van der Waals surface area contributed by atoms with Crippen LogP contribution < -0.4 is 15.4 Å². The van der Waals surface area contributed by atoms with Crippen LogP contribution in [0.4, 0.5) is 13.2 Å². The van der Waals surface area contributed by atoms with Crippen LogP contribution in [0.5, 0.6) is 5.88 Å². The van der Waals surface area contributed by atoms with E-state index >= 15 is 0 Å². The lowest BCUT2D eigenvalue weighted by molar-refractivity contribution is -0.154. The Morgan fingerprint density at radius 2 is 2.28 bits per heavy atom. The van der Waals surface area contributed by atoms with Gasteiger partial charge in [-0.25, -0.2) is 9.98 Å². The van der Waals surface area contributed by atoms with Crippen molar-refractivity contribution in [3.8, 4) is 5.88 Å². The average Bonchev–Trinajstić information content (AvgIpc) is 3.09. The van der Waals surface area contributed by atoms with Gasteiger partial charge in [-0.05, 0) is 31.4 Å². The van der Waals surface area contributed by atoms with Gasteiger partial charge in [0.1, 0.15) is 0 Å². The van der Waals surface area contributed by atoms with Crippen LogP contribution in [-0.2, 0) is 11.3 Å². The van der Waals surface area contributed by atoms with Crippen LogP contribution in [0.25, 0.3) is 0 Å². The molecule has 0 radical (unpaired) electrons. The number of alkyl halides is 3. The van der Waals surface area contributed by atoms with Crippen molar-refractivity contribution in [1.82, 2.24) is 15.6 Å². The van der Waals surface area contributed by atoms with Crippen molar-refractivity contribution in [2.75, 3.05) is 26.3 Å². The topological polar surface area (TPSA) is 67.8 Å². The predicted molar refractivity (Wildman–Crippen MR) is 87.6 cm³/mol. The Balaban J connectivity index is 1.89. The van der Waals surface area contributed by atoms with Gasteiger partial charge in [-0.1, -0.05) is 0 Å². The maximum Gasteiger partial charge on any atom is 0.422 e. The zero-order valence-electron chi connectivity index (χ0n) is 14.1. The van der Waals surface area contributed by atoms with Crippen LogP contribution in [0.1, 0.15) is 25.3 Å². The molecule has 1 saturated heterocycles. The molecule has 1 aliphatic rings. The number of rotatable bonds is 7. The molecule has 0 amide bonds. The van der Waals surface area contributed by atoms with E-state index in [2.05, 4.69) is 25.3 Å². The maximum absolute atomic E-state index is 12.2. The van der Waals surface area contributed by atoms with Gasteiger partial charge >= 0.3 is 6.18 Å². The number of aromatic nitrogens is 1. The lowest BCUT2D eigenvalue weighted by Gasteiger charge is -2.14. The van der Waals surface area contributed by atoms with E-state index in [9.17, 15) is 13.2 Å². The number of nitrogens with one attached hydrogen (secondary N) is 2. The molecule has 6 nitrogen and oxygen atoms in total. The number of aliphatic imine (C=N–C) groups is 1. The summed E-state index contributed by atoms with van der Waals surface area (Å²) >= 11 is 0. The zero-order valence-corrected chi connectivity index (χ0v) is 14.1. The van der Waals surface area contributed by atoms with Crippen molar-refractivity contribution in [2.45, 2.75) is 38.6 Å². The van der Waals surface area contributed by atoms with E-state index in [4.69, 9.17) is 4.74 Å². The third kappa shape index (κ3) is 7.59. The molecule has 1 aromatic heterocycles. The quantitative estimate of drug-likeness (QED) is 0.577. The summed E-state index contributed by atoms with van der Waals surface area (Å²) < 4.78 is 46.8. The lowest BCUT2D eigenvalue weighted by atomic mass is 10.2. The highest BCUT2D eigenvalue weighted by atomic mass is 19.4. The molecule has 1 aliphatic heterocycles. The van der Waals surface area contributed by atoms with E-state index in [1.165, 1.54) is 12.3 Å². The van der Waals surface area contributed by atoms with Crippen molar-refractivity contribution in [3.63, 3.8) is 0 Å². The third-order valence-electron chi connectivity index (χ3n) is 3.47. The fourth-order valence-corrected chi connectivity index (χ4v) is 2.31. The molecular formula is C16H23F3N4O2. The average molecular weight is 360 g/mol. The fourth-order valence-electron chi connectivity index (χ4n) is 2.31. The van der Waals surface area contributed by atoms with Crippen molar-refractivity contribution < 1.29 is 22.6 Å². The number of halogens is 3. The molecule has 0 aliphatic carbocycles. The van der Waals surface area contributed by atoms with Gasteiger partial charge in [0.25, 0.3) is 0 Å². The second-order valence-corrected chi connectivity index (χ2v) is 5.62. The smallest absolute Gasteiger partial charge is 0.422 e. The van der Waals surface area contributed by atoms with Crippen LogP contribution >= 0.6 is 0 Å². The highest BCUT2D eigenvalue weighted by molar-refractivity contribution is 5.79. The number of guanidine groups is 1. The Morgan fingerprint density at radius 3 is 2.96 bits per heavy atom. The van der Waals surface area contributed by atoms with Crippen molar-refractivity contribution in [2.24, 2.45) is 4.99 Å². The summed E-state index contributed by atoms with van der Waals surface area (Å²) in [5.74, 6) is 0.565. The first kappa shape index (κ1) is 19.3. The van der Waals surface area contributed by atoms with E-state index in [-0.39, 0.29) is 12.0 Å². The molecule has 0 aromatic carbocycles. The Morgan fingerprint density at radius 1 is 1.44 bits per heavy atom. The van der Waals surface area contributed by atoms with Gasteiger partial charge in [-0.2, -0.15) is 13.2 Å². The minimum atomic E-state index is -4.39. The van der Waals surface area contributed by atoms with E-state index in [1.54, 1.807) is 6.07 Å². The highest BCUT2D eigenvalue weighted by Crippen LogP contribution is 2.17. The second-order valence-electron chi connectivity index (χ2n) is 5.62. The fraction of sp³-hybridized carbons (Fsp3) is 0.625. The molecule has 2 heterocycles. The zero-order chi connectivity index (χ0) is 18.1. The van der Waals surface area contributed by atoms with E-state index in [0.717, 1.165) is 19.4 Å². The van der Waals surface area contributed by atoms with Crippen LogP contribution in [0.2, 0.25) is 0 Å². The van der Waals surface area contributed by atoms with Gasteiger partial charge in [0.05, 0.1) is 12.6 Å². The summed E-state index contributed by atoms with van der Waals surface area (Å²) in [6, 6.07) is 3.15. The Hall–Kier alpha value is -2.03. The number of pyridine rings is 1. The molecule has 1 aromatic rings. The molecule has 9 heteroatoms. The molecule has 0 bridgehead atoms. The number of hydrogen-bond acceptors (Lipinski definition) is 4. The number of nitrogens with zero attached hydrogens (tertiary/aromatic N) is 2. The minimum absolute atomic E-state index is 0.0673. The molecule has 1 fully saturated rings. The summed E-state index contributed by atoms with van der Waals surface area (Å²) in [6.07, 6.45) is -0.704. The van der Waals surface area contributed by atoms with Gasteiger partial charge < -0.3 is 20.1 Å². The number of hydrogen-bond donors (Lipinski definition) is 2. The highest BCUT2D eigenvalue weighted by Gasteiger charge is 2.28. The number of ether oxygens (including phenoxy) is 2. The molecule has 0 spiro atoms. The molecule has 2 N–H and O–H groups in total. The maximum atomic E-state index is 12.2. The SMILES string of the molecule is CCNC(=NCc1ccnc(OCC(F)(F)F)c1)NCC1CCCO1. The van der Waals surface area contributed by atoms with Crippen LogP contribution in [0.3, 0.4) is 0 Å². The predicted octanol–water partition coefficient (Wildman–Crippen LogP) is 2.26. The Bertz CT molecular complexity index is 561. The van der Waals surface area contributed by atoms with Gasteiger partial charge in [-0.3, -0.25) is 0 Å². The van der Waals surface area contributed by atoms with E-state index in [0.29, 0.717) is 31.2 Å². The summed E-state index contributed by atoms with van der Waals surface area (Å²) in [5.41, 5.74) is 0.710. The summed E-state index contributed by atoms with van der Waals surface area (Å²) in [7, 11) is 0. The first-order valence-corrected chi connectivity index (χ1v) is 8.24. The first-order chi connectivity index (χ1) is 12.0. The van der Waals surface area contributed by atoms with Gasteiger partial charge in [0, 0.05) is 32.0 Å². The van der Waals surface area contributed by atoms with Gasteiger partial charge in [0.2, 0.25) is 5.88 Å². The standard InChI is InChI=1S/C16H23F3N4O2/c1-2-20-15(23-10-13-4-3-7-24-13)22-9-12-5-6-21-14(8-12)25-11-16(17,18)19/h5-6,8,13H,2-4,7,9-11H2,1H3,(H2,20,22,23). The summed E-state index contributed by atoms with van der Waals surface area (Å²) in [4.78, 5) is 8.20. The van der Waals surface area contributed by atoms with Crippen molar-refractivity contribution >= 4 is 5.96 Å². The molecular weight excluding hydrogens is 337 g/mol. The molecule has 25 heavy (non-hydrogen) atoms. The minimum Gasteiger partial charge on any atom is -0.468 e. The molecule has 140 valence electrons. The van der Waals surface area contributed by atoms with Crippen molar-refractivity contribution in [3.05, 3.63) is 23.9 Å². The van der Waals surface area contributed by atoms with Crippen LogP contribution in [0.15, 0.2) is 23.3 Å². The summed E-state index contributed by atoms with van der Waals surface area (Å²) in [5, 5.41) is 6.33. The molecule has 0 saturated carbocycles. The van der Waals surface area contributed by atoms with E-state index in [1.807, 2.05) is 6.92 Å². The van der Waals surface area contributed by atoms with Gasteiger partial charge in [0.15, 0.2) is 12.6 Å². The molecule has 2 rings (SSSR count). The lowest BCUT2D eigenvalue weighted by Crippen LogP contribution is -2.41. The largest absolute Gasteiger partial charge is 0.468 e. The molecule has 1 atom stereocenters. The second kappa shape index (κ2) is 9.45. The van der Waals surface area contributed by atoms with Crippen LogP contribution in [-0.4, -0.2) is 49.5 Å². The Kier molecular flexibility index (Phi) is 7.30. The van der Waals surface area contributed by atoms with Crippen LogP contribution in [0, 0.1) is 0 Å². The van der Waals surface area contributed by atoms with E-state index < -0.39 is 12.8 Å². The summed E-state index contributed by atoms with van der Waals surface area (Å²) in [6.45, 7) is 3.05. The molecule has 1 unspecified atom stereocenters. The Labute approximate surface area is 144 Å².